The third-order valence-corrected chi connectivity index (χ3v) is 2.39. The predicted octanol–water partition coefficient (Wildman–Crippen LogP) is 0.461. The smallest absolute Gasteiger partial charge is 0.416 e. The lowest BCUT2D eigenvalue weighted by molar-refractivity contribution is 0.142. The van der Waals surface area contributed by atoms with E-state index in [9.17, 15) is 18.7 Å². The molecule has 0 aliphatic carbocycles. The van der Waals surface area contributed by atoms with Crippen molar-refractivity contribution in [3.8, 4) is 0 Å². The third kappa shape index (κ3) is 2.03. The van der Waals surface area contributed by atoms with E-state index < -0.39 is 36.0 Å². The molecule has 1 aromatic rings. The van der Waals surface area contributed by atoms with Gasteiger partial charge in [-0.1, -0.05) is 0 Å². The van der Waals surface area contributed by atoms with Crippen molar-refractivity contribution < 1.29 is 23.4 Å². The number of anilines is 1. The molecule has 1 saturated heterocycles. The Balaban J connectivity index is 2.42. The van der Waals surface area contributed by atoms with Crippen LogP contribution in [-0.2, 0) is 4.74 Å². The third-order valence-electron chi connectivity index (χ3n) is 2.39. The number of carbonyl (C=O) groups is 1. The van der Waals surface area contributed by atoms with Crippen molar-refractivity contribution in [1.29, 1.82) is 0 Å². The number of carbonyl (C=O) groups excluding carboxylic acids is 1. The summed E-state index contributed by atoms with van der Waals surface area (Å²) in [5.74, 6) is -1.50. The SMILES string of the molecule is C[C@H](O)[C@H]1COC(=O)N1c1nc(F)ncc1F. The Hall–Kier alpha value is -1.83. The molecule has 92 valence electrons. The number of hydrogen-bond acceptors (Lipinski definition) is 5. The minimum absolute atomic E-state index is 0.110. The van der Waals surface area contributed by atoms with Crippen molar-refractivity contribution in [3.05, 3.63) is 18.1 Å². The van der Waals surface area contributed by atoms with Crippen molar-refractivity contribution >= 4 is 11.9 Å². The summed E-state index contributed by atoms with van der Waals surface area (Å²) in [5.41, 5.74) is 0. The van der Waals surface area contributed by atoms with Crippen LogP contribution in [0.2, 0.25) is 0 Å². The Morgan fingerprint density at radius 2 is 2.35 bits per heavy atom. The van der Waals surface area contributed by atoms with Gasteiger partial charge in [0.05, 0.1) is 12.3 Å². The van der Waals surface area contributed by atoms with Gasteiger partial charge in [0.15, 0.2) is 11.6 Å². The van der Waals surface area contributed by atoms with Gasteiger partial charge in [0.25, 0.3) is 0 Å². The molecule has 0 aromatic carbocycles. The highest BCUT2D eigenvalue weighted by atomic mass is 19.1. The number of rotatable bonds is 2. The van der Waals surface area contributed by atoms with E-state index in [1.165, 1.54) is 6.92 Å². The van der Waals surface area contributed by atoms with Crippen molar-refractivity contribution in [2.75, 3.05) is 11.5 Å². The van der Waals surface area contributed by atoms with Crippen LogP contribution in [0.1, 0.15) is 6.92 Å². The standard InChI is InChI=1S/C9H9F2N3O3/c1-4(15)6-3-17-9(16)14(6)7-5(10)2-12-8(11)13-7/h2,4,6,15H,3H2,1H3/t4-,6+/m0/s1. The Morgan fingerprint density at radius 1 is 1.65 bits per heavy atom. The maximum absolute atomic E-state index is 13.4. The van der Waals surface area contributed by atoms with E-state index in [0.717, 1.165) is 4.90 Å². The first-order chi connectivity index (χ1) is 8.00. The molecular weight excluding hydrogens is 236 g/mol. The Bertz CT molecular complexity index is 455. The van der Waals surface area contributed by atoms with Crippen LogP contribution in [0, 0.1) is 11.9 Å². The molecule has 0 spiro atoms. The highest BCUT2D eigenvalue weighted by molar-refractivity contribution is 5.89. The van der Waals surface area contributed by atoms with Gasteiger partial charge in [-0.15, -0.1) is 0 Å². The highest BCUT2D eigenvalue weighted by Gasteiger charge is 2.39. The zero-order chi connectivity index (χ0) is 12.6. The maximum atomic E-state index is 13.4. The molecule has 1 amide bonds. The summed E-state index contributed by atoms with van der Waals surface area (Å²) in [6.45, 7) is 1.30. The average molecular weight is 245 g/mol. The highest BCUT2D eigenvalue weighted by Crippen LogP contribution is 2.25. The molecular formula is C9H9F2N3O3. The number of cyclic esters (lactones) is 1. The number of aliphatic hydroxyl groups excluding tert-OH is 1. The molecule has 1 fully saturated rings. The summed E-state index contributed by atoms with van der Waals surface area (Å²) in [6.07, 6.45) is -2.39. The van der Waals surface area contributed by atoms with E-state index in [-0.39, 0.29) is 6.61 Å². The molecule has 2 atom stereocenters. The van der Waals surface area contributed by atoms with Crippen molar-refractivity contribution in [2.45, 2.75) is 19.1 Å². The summed E-state index contributed by atoms with van der Waals surface area (Å²) < 4.78 is 30.9. The number of aliphatic hydroxyl groups is 1. The summed E-state index contributed by atoms with van der Waals surface area (Å²) in [5, 5.41) is 9.43. The maximum Gasteiger partial charge on any atom is 0.416 e. The Morgan fingerprint density at radius 3 is 3.00 bits per heavy atom. The van der Waals surface area contributed by atoms with Crippen LogP contribution in [-0.4, -0.2) is 39.9 Å². The van der Waals surface area contributed by atoms with Crippen LogP contribution in [0.5, 0.6) is 0 Å². The molecule has 0 saturated carbocycles. The van der Waals surface area contributed by atoms with E-state index in [0.29, 0.717) is 6.20 Å². The van der Waals surface area contributed by atoms with Crippen molar-refractivity contribution in [2.24, 2.45) is 0 Å². The molecule has 0 bridgehead atoms. The number of hydrogen-bond donors (Lipinski definition) is 1. The van der Waals surface area contributed by atoms with E-state index in [1.807, 2.05) is 0 Å². The van der Waals surface area contributed by atoms with Gasteiger partial charge in [-0.3, -0.25) is 0 Å². The first-order valence-corrected chi connectivity index (χ1v) is 4.83. The fourth-order valence-corrected chi connectivity index (χ4v) is 1.54. The first kappa shape index (κ1) is 11.6. The van der Waals surface area contributed by atoms with Crippen LogP contribution >= 0.6 is 0 Å². The number of ether oxygens (including phenoxy) is 1. The normalized spacial score (nSPS) is 21.5. The largest absolute Gasteiger partial charge is 0.447 e. The molecule has 6 nitrogen and oxygen atoms in total. The molecule has 17 heavy (non-hydrogen) atoms. The molecule has 0 radical (unpaired) electrons. The topological polar surface area (TPSA) is 75.6 Å². The summed E-state index contributed by atoms with van der Waals surface area (Å²) >= 11 is 0. The number of halogens is 2. The summed E-state index contributed by atoms with van der Waals surface area (Å²) in [7, 11) is 0. The van der Waals surface area contributed by atoms with Crippen LogP contribution in [0.15, 0.2) is 6.20 Å². The lowest BCUT2D eigenvalue weighted by Crippen LogP contribution is -2.42. The lowest BCUT2D eigenvalue weighted by Gasteiger charge is -2.22. The van der Waals surface area contributed by atoms with Gasteiger partial charge < -0.3 is 9.84 Å². The van der Waals surface area contributed by atoms with Gasteiger partial charge in [-0.25, -0.2) is 19.1 Å². The van der Waals surface area contributed by atoms with E-state index in [2.05, 4.69) is 14.7 Å². The predicted molar refractivity (Wildman–Crippen MR) is 51.2 cm³/mol. The van der Waals surface area contributed by atoms with Gasteiger partial charge >= 0.3 is 12.2 Å². The summed E-state index contributed by atoms with van der Waals surface area (Å²) in [6, 6.07) is -0.800. The Kier molecular flexibility index (Phi) is 2.88. The minimum atomic E-state index is -1.16. The van der Waals surface area contributed by atoms with Gasteiger partial charge in [0.1, 0.15) is 12.6 Å². The number of nitrogens with zero attached hydrogens (tertiary/aromatic N) is 3. The van der Waals surface area contributed by atoms with Gasteiger partial charge in [-0.2, -0.15) is 9.37 Å². The minimum Gasteiger partial charge on any atom is -0.447 e. The fraction of sp³-hybridized carbons (Fsp3) is 0.444. The van der Waals surface area contributed by atoms with Crippen LogP contribution in [0.3, 0.4) is 0 Å². The number of aromatic nitrogens is 2. The van der Waals surface area contributed by atoms with Crippen molar-refractivity contribution in [3.63, 3.8) is 0 Å². The van der Waals surface area contributed by atoms with E-state index in [1.54, 1.807) is 0 Å². The van der Waals surface area contributed by atoms with E-state index in [4.69, 9.17) is 0 Å². The molecule has 1 aromatic heterocycles. The fourth-order valence-electron chi connectivity index (χ4n) is 1.54. The second kappa shape index (κ2) is 4.21. The van der Waals surface area contributed by atoms with Gasteiger partial charge in [-0.05, 0) is 6.92 Å². The zero-order valence-electron chi connectivity index (χ0n) is 8.80. The average Bonchev–Trinajstić information content (AvgIpc) is 2.64. The van der Waals surface area contributed by atoms with Crippen molar-refractivity contribution in [1.82, 2.24) is 9.97 Å². The molecule has 1 aliphatic heterocycles. The molecule has 2 rings (SSSR count). The van der Waals surface area contributed by atoms with Crippen LogP contribution in [0.4, 0.5) is 19.4 Å². The monoisotopic (exact) mass is 245 g/mol. The van der Waals surface area contributed by atoms with Gasteiger partial charge in [0, 0.05) is 0 Å². The summed E-state index contributed by atoms with van der Waals surface area (Å²) in [4.78, 5) is 18.4. The van der Waals surface area contributed by atoms with E-state index >= 15 is 0 Å². The number of amides is 1. The molecule has 8 heteroatoms. The van der Waals surface area contributed by atoms with Crippen LogP contribution < -0.4 is 4.90 Å². The van der Waals surface area contributed by atoms with Crippen LogP contribution in [0.25, 0.3) is 0 Å². The lowest BCUT2D eigenvalue weighted by atomic mass is 10.2. The Labute approximate surface area is 94.8 Å². The quantitative estimate of drug-likeness (QED) is 0.766. The molecule has 1 aliphatic rings. The second-order valence-electron chi connectivity index (χ2n) is 3.57. The second-order valence-corrected chi connectivity index (χ2v) is 3.57. The molecule has 2 heterocycles. The molecule has 0 unspecified atom stereocenters. The van der Waals surface area contributed by atoms with Gasteiger partial charge in [0.2, 0.25) is 0 Å². The molecule has 1 N–H and O–H groups in total. The zero-order valence-corrected chi connectivity index (χ0v) is 8.80. The first-order valence-electron chi connectivity index (χ1n) is 4.83.